The Hall–Kier alpha value is -2.08. The SMILES string of the molecule is CC.CCc1ccccc1.Cc1ccc2ccccc2c1CC(C)C. The Balaban J connectivity index is 0.000000264. The van der Waals surface area contributed by atoms with Crippen LogP contribution in [0.5, 0.6) is 0 Å². The summed E-state index contributed by atoms with van der Waals surface area (Å²) in [5.41, 5.74) is 4.35. The minimum Gasteiger partial charge on any atom is -0.0683 e. The van der Waals surface area contributed by atoms with Crippen molar-refractivity contribution in [2.45, 2.75) is 54.4 Å². The Morgan fingerprint density at radius 2 is 1.36 bits per heavy atom. The highest BCUT2D eigenvalue weighted by Gasteiger charge is 2.05. The lowest BCUT2D eigenvalue weighted by Crippen LogP contribution is -1.97. The molecule has 0 saturated carbocycles. The fourth-order valence-electron chi connectivity index (χ4n) is 2.84. The minimum absolute atomic E-state index is 0.717. The van der Waals surface area contributed by atoms with Crippen LogP contribution in [0.3, 0.4) is 0 Å². The predicted molar refractivity (Wildman–Crippen MR) is 114 cm³/mol. The number of benzene rings is 3. The molecule has 0 unspecified atom stereocenters. The van der Waals surface area contributed by atoms with Gasteiger partial charge in [-0.05, 0) is 53.1 Å². The third kappa shape index (κ3) is 6.74. The predicted octanol–water partition coefficient (Wildman–Crippen LogP) is 7.62. The van der Waals surface area contributed by atoms with Gasteiger partial charge in [0.2, 0.25) is 0 Å². The van der Waals surface area contributed by atoms with Crippen LogP contribution in [0.25, 0.3) is 10.8 Å². The Kier molecular flexibility index (Phi) is 9.62. The molecule has 0 saturated heterocycles. The van der Waals surface area contributed by atoms with Gasteiger partial charge in [0.05, 0.1) is 0 Å². The van der Waals surface area contributed by atoms with Crippen LogP contribution in [0, 0.1) is 12.8 Å². The van der Waals surface area contributed by atoms with E-state index in [9.17, 15) is 0 Å². The van der Waals surface area contributed by atoms with Crippen molar-refractivity contribution in [2.24, 2.45) is 5.92 Å². The van der Waals surface area contributed by atoms with Crippen molar-refractivity contribution < 1.29 is 0 Å². The molecule has 0 aromatic heterocycles. The molecule has 3 aromatic rings. The first-order valence-electron chi connectivity index (χ1n) is 9.63. The van der Waals surface area contributed by atoms with Crippen molar-refractivity contribution in [3.63, 3.8) is 0 Å². The summed E-state index contributed by atoms with van der Waals surface area (Å²) in [6.07, 6.45) is 2.31. The van der Waals surface area contributed by atoms with E-state index in [4.69, 9.17) is 0 Å². The lowest BCUT2D eigenvalue weighted by molar-refractivity contribution is 0.648. The van der Waals surface area contributed by atoms with Crippen molar-refractivity contribution in [2.75, 3.05) is 0 Å². The second kappa shape index (κ2) is 11.5. The molecule has 0 aliphatic heterocycles. The van der Waals surface area contributed by atoms with Crippen LogP contribution in [0.15, 0.2) is 66.7 Å². The number of hydrogen-bond donors (Lipinski definition) is 0. The fourth-order valence-corrected chi connectivity index (χ4v) is 2.84. The zero-order valence-corrected chi connectivity index (χ0v) is 16.8. The molecule has 0 nitrogen and oxygen atoms in total. The summed E-state index contributed by atoms with van der Waals surface area (Å²) in [6, 6.07) is 23.6. The summed E-state index contributed by atoms with van der Waals surface area (Å²) in [5.74, 6) is 0.717. The van der Waals surface area contributed by atoms with Gasteiger partial charge in [0.25, 0.3) is 0 Å². The van der Waals surface area contributed by atoms with E-state index in [1.165, 1.54) is 33.9 Å². The highest BCUT2D eigenvalue weighted by Crippen LogP contribution is 2.24. The Morgan fingerprint density at radius 1 is 0.760 bits per heavy atom. The number of hydrogen-bond acceptors (Lipinski definition) is 0. The Morgan fingerprint density at radius 3 is 1.92 bits per heavy atom. The van der Waals surface area contributed by atoms with E-state index in [-0.39, 0.29) is 0 Å². The van der Waals surface area contributed by atoms with Gasteiger partial charge < -0.3 is 0 Å². The summed E-state index contributed by atoms with van der Waals surface area (Å²) in [6.45, 7) is 12.9. The molecule has 0 heteroatoms. The van der Waals surface area contributed by atoms with Crippen molar-refractivity contribution >= 4 is 10.8 Å². The normalized spacial score (nSPS) is 9.88. The third-order valence-electron chi connectivity index (χ3n) is 4.14. The molecule has 134 valence electrons. The van der Waals surface area contributed by atoms with Gasteiger partial charge in [-0.2, -0.15) is 0 Å². The first-order chi connectivity index (χ1) is 12.1. The largest absolute Gasteiger partial charge is 0.0683 e. The highest BCUT2D eigenvalue weighted by molar-refractivity contribution is 5.86. The van der Waals surface area contributed by atoms with Gasteiger partial charge in [-0.25, -0.2) is 0 Å². The molecule has 0 atom stereocenters. The van der Waals surface area contributed by atoms with E-state index in [0.29, 0.717) is 0 Å². The quantitative estimate of drug-likeness (QED) is 0.462. The molecule has 0 heterocycles. The average Bonchev–Trinajstić information content (AvgIpc) is 2.67. The molecule has 0 aliphatic carbocycles. The topological polar surface area (TPSA) is 0 Å². The molecule has 3 aromatic carbocycles. The molecule has 25 heavy (non-hydrogen) atoms. The number of fused-ring (bicyclic) bond motifs is 1. The van der Waals surface area contributed by atoms with Gasteiger partial charge in [-0.3, -0.25) is 0 Å². The Bertz CT molecular complexity index is 723. The lowest BCUT2D eigenvalue weighted by atomic mass is 9.93. The van der Waals surface area contributed by atoms with E-state index in [2.05, 4.69) is 88.4 Å². The fraction of sp³-hybridized carbons (Fsp3) is 0.360. The van der Waals surface area contributed by atoms with Gasteiger partial charge >= 0.3 is 0 Å². The van der Waals surface area contributed by atoms with Crippen molar-refractivity contribution in [1.29, 1.82) is 0 Å². The maximum absolute atomic E-state index is 2.28. The molecule has 3 rings (SSSR count). The van der Waals surface area contributed by atoms with Crippen LogP contribution < -0.4 is 0 Å². The second-order valence-electron chi connectivity index (χ2n) is 6.52. The maximum atomic E-state index is 2.28. The maximum Gasteiger partial charge on any atom is -0.0149 e. The molecular formula is C25H34. The first kappa shape index (κ1) is 21.0. The van der Waals surface area contributed by atoms with Gasteiger partial charge in [-0.15, -0.1) is 0 Å². The van der Waals surface area contributed by atoms with Crippen LogP contribution in [-0.2, 0) is 12.8 Å². The Labute approximate surface area is 154 Å². The summed E-state index contributed by atoms with van der Waals surface area (Å²) in [4.78, 5) is 0. The third-order valence-corrected chi connectivity index (χ3v) is 4.14. The van der Waals surface area contributed by atoms with E-state index in [1.807, 2.05) is 19.9 Å². The van der Waals surface area contributed by atoms with E-state index in [0.717, 1.165) is 12.3 Å². The van der Waals surface area contributed by atoms with Crippen LogP contribution in [-0.4, -0.2) is 0 Å². The molecular weight excluding hydrogens is 300 g/mol. The van der Waals surface area contributed by atoms with E-state index in [1.54, 1.807) is 0 Å². The van der Waals surface area contributed by atoms with E-state index < -0.39 is 0 Å². The summed E-state index contributed by atoms with van der Waals surface area (Å²) >= 11 is 0. The van der Waals surface area contributed by atoms with Gasteiger partial charge in [0.15, 0.2) is 0 Å². The van der Waals surface area contributed by atoms with Gasteiger partial charge in [-0.1, -0.05) is 101 Å². The molecule has 0 N–H and O–H groups in total. The van der Waals surface area contributed by atoms with Crippen LogP contribution in [0.1, 0.15) is 51.3 Å². The monoisotopic (exact) mass is 334 g/mol. The minimum atomic E-state index is 0.717. The van der Waals surface area contributed by atoms with Crippen molar-refractivity contribution in [3.8, 4) is 0 Å². The smallest absolute Gasteiger partial charge is 0.0149 e. The highest BCUT2D eigenvalue weighted by atomic mass is 14.1. The van der Waals surface area contributed by atoms with Crippen LogP contribution in [0.2, 0.25) is 0 Å². The number of rotatable bonds is 3. The van der Waals surface area contributed by atoms with Gasteiger partial charge in [0, 0.05) is 0 Å². The first-order valence-corrected chi connectivity index (χ1v) is 9.63. The van der Waals surface area contributed by atoms with Crippen molar-refractivity contribution in [3.05, 3.63) is 83.4 Å². The summed E-state index contributed by atoms with van der Waals surface area (Å²) in [7, 11) is 0. The van der Waals surface area contributed by atoms with Crippen LogP contribution >= 0.6 is 0 Å². The van der Waals surface area contributed by atoms with Crippen LogP contribution in [0.4, 0.5) is 0 Å². The molecule has 0 bridgehead atoms. The summed E-state index contributed by atoms with van der Waals surface area (Å²) in [5, 5.41) is 2.78. The average molecular weight is 335 g/mol. The standard InChI is InChI=1S/C15H18.C8H10.C2H6/c1-11(2)10-15-12(3)8-9-13-6-4-5-7-14(13)15;1-2-8-6-4-3-5-7-8;1-2/h4-9,11H,10H2,1-3H3;3-7H,2H2,1H3;1-2H3. The summed E-state index contributed by atoms with van der Waals surface area (Å²) < 4.78 is 0. The zero-order valence-electron chi connectivity index (χ0n) is 16.8. The lowest BCUT2D eigenvalue weighted by Gasteiger charge is -2.12. The number of aryl methyl sites for hydroxylation is 2. The molecule has 0 amide bonds. The molecule has 0 fully saturated rings. The van der Waals surface area contributed by atoms with Gasteiger partial charge in [0.1, 0.15) is 0 Å². The molecule has 0 aliphatic rings. The molecule has 0 radical (unpaired) electrons. The second-order valence-corrected chi connectivity index (χ2v) is 6.52. The van der Waals surface area contributed by atoms with Crippen molar-refractivity contribution in [1.82, 2.24) is 0 Å². The zero-order chi connectivity index (χ0) is 18.7. The van der Waals surface area contributed by atoms with E-state index >= 15 is 0 Å². The molecule has 0 spiro atoms.